The van der Waals surface area contributed by atoms with E-state index in [-0.39, 0.29) is 24.4 Å². The van der Waals surface area contributed by atoms with E-state index < -0.39 is 5.60 Å². The van der Waals surface area contributed by atoms with Gasteiger partial charge >= 0.3 is 13.2 Å². The van der Waals surface area contributed by atoms with Crippen molar-refractivity contribution in [3.05, 3.63) is 16.3 Å². The summed E-state index contributed by atoms with van der Waals surface area (Å²) in [5.41, 5.74) is -0.0596. The molecule has 2 aliphatic heterocycles. The Labute approximate surface area is 167 Å². The number of ether oxygens (including phenoxy) is 1. The van der Waals surface area contributed by atoms with Crippen LogP contribution in [-0.4, -0.2) is 48.0 Å². The van der Waals surface area contributed by atoms with Crippen LogP contribution in [-0.2, 0) is 14.0 Å². The van der Waals surface area contributed by atoms with Gasteiger partial charge in [0.05, 0.1) is 11.2 Å². The molecule has 0 radical (unpaired) electrons. The predicted octanol–water partition coefficient (Wildman–Crippen LogP) is 4.16. The van der Waals surface area contributed by atoms with Gasteiger partial charge in [-0.2, -0.15) is 0 Å². The Kier molecular flexibility index (Phi) is 5.43. The summed E-state index contributed by atoms with van der Waals surface area (Å²) in [5.74, 6) is 0.340. The molecule has 1 aromatic heterocycles. The second kappa shape index (κ2) is 7.09. The molecule has 27 heavy (non-hydrogen) atoms. The number of thiophene rings is 1. The highest BCUT2D eigenvalue weighted by Crippen LogP contribution is 2.37. The van der Waals surface area contributed by atoms with Crippen molar-refractivity contribution in [2.24, 2.45) is 0 Å². The van der Waals surface area contributed by atoms with Gasteiger partial charge in [-0.05, 0) is 78.2 Å². The molecule has 1 unspecified atom stereocenters. The fourth-order valence-electron chi connectivity index (χ4n) is 3.39. The average molecular weight is 393 g/mol. The monoisotopic (exact) mass is 393 g/mol. The van der Waals surface area contributed by atoms with E-state index >= 15 is 0 Å². The first-order valence-electron chi connectivity index (χ1n) is 9.80. The molecule has 5 nitrogen and oxygen atoms in total. The zero-order valence-corrected chi connectivity index (χ0v) is 18.4. The maximum Gasteiger partial charge on any atom is 0.495 e. The number of nitrogens with zero attached hydrogens (tertiary/aromatic N) is 1. The summed E-state index contributed by atoms with van der Waals surface area (Å²) in [4.78, 5) is 15.5. The summed E-state index contributed by atoms with van der Waals surface area (Å²) in [7, 11) is -0.328. The Morgan fingerprint density at radius 2 is 1.89 bits per heavy atom. The van der Waals surface area contributed by atoms with Crippen LogP contribution in [0.1, 0.15) is 72.1 Å². The van der Waals surface area contributed by atoms with Crippen molar-refractivity contribution >= 4 is 30.0 Å². The largest absolute Gasteiger partial charge is 0.495 e. The molecule has 3 heterocycles. The summed E-state index contributed by atoms with van der Waals surface area (Å²) in [6.07, 6.45) is 1.87. The minimum Gasteiger partial charge on any atom is -0.444 e. The minimum atomic E-state index is -0.461. The van der Waals surface area contributed by atoms with E-state index in [0.29, 0.717) is 12.5 Å². The molecule has 0 aliphatic carbocycles. The van der Waals surface area contributed by atoms with E-state index in [2.05, 4.69) is 39.1 Å². The van der Waals surface area contributed by atoms with Crippen molar-refractivity contribution in [1.29, 1.82) is 0 Å². The van der Waals surface area contributed by atoms with Crippen LogP contribution in [0.2, 0.25) is 0 Å². The third kappa shape index (κ3) is 4.52. The van der Waals surface area contributed by atoms with Crippen molar-refractivity contribution in [3.8, 4) is 0 Å². The van der Waals surface area contributed by atoms with Gasteiger partial charge in [0, 0.05) is 23.9 Å². The molecule has 0 spiro atoms. The van der Waals surface area contributed by atoms with Crippen LogP contribution in [0.5, 0.6) is 0 Å². The number of amides is 1. The predicted molar refractivity (Wildman–Crippen MR) is 110 cm³/mol. The van der Waals surface area contributed by atoms with Crippen molar-refractivity contribution in [2.45, 2.75) is 84.0 Å². The molecule has 3 rings (SSSR count). The summed E-state index contributed by atoms with van der Waals surface area (Å²) in [6.45, 7) is 15.5. The maximum atomic E-state index is 12.4. The molecular weight excluding hydrogens is 361 g/mol. The molecule has 1 aromatic rings. The topological polar surface area (TPSA) is 48.0 Å². The lowest BCUT2D eigenvalue weighted by molar-refractivity contribution is 0.00578. The number of carbonyl (C=O) groups excluding carboxylic acids is 1. The van der Waals surface area contributed by atoms with Gasteiger partial charge in [-0.25, -0.2) is 4.79 Å². The van der Waals surface area contributed by atoms with Gasteiger partial charge in [-0.3, -0.25) is 0 Å². The Balaban J connectivity index is 1.67. The number of hydrogen-bond donors (Lipinski definition) is 0. The summed E-state index contributed by atoms with van der Waals surface area (Å²) in [6, 6.07) is 2.19. The fraction of sp³-hybridized carbons (Fsp3) is 0.750. The number of hydrogen-bond acceptors (Lipinski definition) is 5. The van der Waals surface area contributed by atoms with Crippen LogP contribution in [0.15, 0.2) is 11.4 Å². The van der Waals surface area contributed by atoms with Crippen molar-refractivity contribution in [1.82, 2.24) is 4.90 Å². The smallest absolute Gasteiger partial charge is 0.444 e. The molecule has 1 atom stereocenters. The third-order valence-electron chi connectivity index (χ3n) is 5.64. The molecule has 150 valence electrons. The fourth-order valence-corrected chi connectivity index (χ4v) is 4.43. The lowest BCUT2D eigenvalue weighted by atomic mass is 9.80. The molecule has 2 aliphatic rings. The van der Waals surface area contributed by atoms with Crippen molar-refractivity contribution < 1.29 is 18.8 Å². The second-order valence-corrected chi connectivity index (χ2v) is 10.6. The molecule has 0 aromatic carbocycles. The zero-order chi connectivity index (χ0) is 20.0. The SMILES string of the molecule is CC(C)(C)OC(=O)N1CCCC(c2cc(B3OC(C)(C)C(C)(C)O3)cs2)C1. The molecule has 7 heteroatoms. The lowest BCUT2D eigenvalue weighted by Gasteiger charge is -2.33. The zero-order valence-electron chi connectivity index (χ0n) is 17.6. The standard InChI is InChI=1S/C20H32BNO4S/c1-18(2,3)24-17(23)22-10-8-9-14(12-22)16-11-15(13-27-16)21-25-19(4,5)20(6,7)26-21/h11,13-14H,8-10,12H2,1-7H3. The normalized spacial score (nSPS) is 24.9. The number of carbonyl (C=O) groups is 1. The Morgan fingerprint density at radius 3 is 2.48 bits per heavy atom. The van der Waals surface area contributed by atoms with Crippen LogP contribution in [0, 0.1) is 0 Å². The van der Waals surface area contributed by atoms with Gasteiger partial charge in [0.1, 0.15) is 5.60 Å². The van der Waals surface area contributed by atoms with Gasteiger partial charge in [0.25, 0.3) is 0 Å². The Bertz CT molecular complexity index is 678. The van der Waals surface area contributed by atoms with E-state index in [4.69, 9.17) is 14.0 Å². The van der Waals surface area contributed by atoms with E-state index in [1.807, 2.05) is 25.7 Å². The van der Waals surface area contributed by atoms with Crippen LogP contribution in [0.4, 0.5) is 4.79 Å². The Morgan fingerprint density at radius 1 is 1.26 bits per heavy atom. The highest BCUT2D eigenvalue weighted by molar-refractivity contribution is 7.11. The van der Waals surface area contributed by atoms with Crippen LogP contribution < -0.4 is 5.46 Å². The highest BCUT2D eigenvalue weighted by atomic mass is 32.1. The summed E-state index contributed by atoms with van der Waals surface area (Å²) in [5, 5.41) is 2.13. The number of piperidine rings is 1. The molecule has 1 amide bonds. The van der Waals surface area contributed by atoms with Gasteiger partial charge < -0.3 is 18.9 Å². The number of rotatable bonds is 2. The number of likely N-dealkylation sites (tertiary alicyclic amines) is 1. The first kappa shape index (κ1) is 20.7. The first-order chi connectivity index (χ1) is 12.4. The maximum absolute atomic E-state index is 12.4. The van der Waals surface area contributed by atoms with E-state index in [1.54, 1.807) is 11.3 Å². The molecule has 2 saturated heterocycles. The van der Waals surface area contributed by atoms with Gasteiger partial charge in [-0.1, -0.05) is 0 Å². The lowest BCUT2D eigenvalue weighted by Crippen LogP contribution is -2.42. The third-order valence-corrected chi connectivity index (χ3v) is 6.75. The summed E-state index contributed by atoms with van der Waals surface area (Å²) >= 11 is 1.73. The van der Waals surface area contributed by atoms with Gasteiger partial charge in [0.2, 0.25) is 0 Å². The molecule has 0 N–H and O–H groups in total. The Hall–Kier alpha value is -1.05. The molecule has 0 bridgehead atoms. The van der Waals surface area contributed by atoms with Crippen LogP contribution >= 0.6 is 11.3 Å². The first-order valence-corrected chi connectivity index (χ1v) is 10.7. The molecular formula is C20H32BNO4S. The highest BCUT2D eigenvalue weighted by Gasteiger charge is 2.52. The minimum absolute atomic E-state index is 0.213. The van der Waals surface area contributed by atoms with E-state index in [1.165, 1.54) is 4.88 Å². The van der Waals surface area contributed by atoms with E-state index in [0.717, 1.165) is 24.8 Å². The molecule has 2 fully saturated rings. The van der Waals surface area contributed by atoms with Crippen molar-refractivity contribution in [3.63, 3.8) is 0 Å². The average Bonchev–Trinajstić information content (AvgIpc) is 3.09. The quantitative estimate of drug-likeness (QED) is 0.708. The van der Waals surface area contributed by atoms with Crippen molar-refractivity contribution in [2.75, 3.05) is 13.1 Å². The second-order valence-electron chi connectivity index (χ2n) is 9.64. The van der Waals surface area contributed by atoms with Crippen LogP contribution in [0.3, 0.4) is 0 Å². The summed E-state index contributed by atoms with van der Waals surface area (Å²) < 4.78 is 17.9. The molecule has 0 saturated carbocycles. The van der Waals surface area contributed by atoms with Crippen LogP contribution in [0.25, 0.3) is 0 Å². The van der Waals surface area contributed by atoms with Gasteiger partial charge in [-0.15, -0.1) is 11.3 Å². The van der Waals surface area contributed by atoms with E-state index in [9.17, 15) is 4.79 Å². The van der Waals surface area contributed by atoms with Gasteiger partial charge in [0.15, 0.2) is 0 Å².